The Balaban J connectivity index is 0.000000362. The quantitative estimate of drug-likeness (QED) is 0.438. The van der Waals surface area contributed by atoms with Crippen molar-refractivity contribution in [1.82, 2.24) is 0 Å². The molecule has 9 heteroatoms. The van der Waals surface area contributed by atoms with Gasteiger partial charge in [-0.15, -0.1) is 0 Å². The molecule has 0 saturated carbocycles. The number of alkyl halides is 3. The molecule has 0 amide bonds. The first-order valence-electron chi connectivity index (χ1n) is 6.27. The van der Waals surface area contributed by atoms with E-state index in [1.54, 1.807) is 0 Å². The summed E-state index contributed by atoms with van der Waals surface area (Å²) in [5, 5.41) is 0. The molecule has 0 bridgehead atoms. The van der Waals surface area contributed by atoms with Crippen LogP contribution in [0, 0.1) is 0 Å². The number of hydrogen-bond acceptors (Lipinski definition) is 1. The Morgan fingerprint density at radius 1 is 1.05 bits per heavy atom. The van der Waals surface area contributed by atoms with Gasteiger partial charge in [-0.25, -0.2) is 13.2 Å². The molecule has 1 saturated heterocycles. The summed E-state index contributed by atoms with van der Waals surface area (Å²) in [6.07, 6.45) is -3.22. The van der Waals surface area contributed by atoms with Crippen LogP contribution in [0.5, 0.6) is 0 Å². The second kappa shape index (κ2) is 7.37. The lowest BCUT2D eigenvalue weighted by molar-refractivity contribution is -0.933. The van der Waals surface area contributed by atoms with E-state index >= 15 is 0 Å². The third-order valence-corrected chi connectivity index (χ3v) is 3.13. The maximum atomic E-state index is 10.5. The van der Waals surface area contributed by atoms with Crippen molar-refractivity contribution < 1.29 is 35.3 Å². The largest absolute Gasteiger partial charge is 0.583 e. The van der Waals surface area contributed by atoms with Gasteiger partial charge < -0.3 is 22.2 Å². The van der Waals surface area contributed by atoms with Gasteiger partial charge in [0.2, 0.25) is 0 Å². The van der Waals surface area contributed by atoms with Gasteiger partial charge in [0.1, 0.15) is 0 Å². The van der Waals surface area contributed by atoms with E-state index < -0.39 is 13.1 Å². The molecule has 0 N–H and O–H groups in total. The zero-order valence-electron chi connectivity index (χ0n) is 11.2. The van der Waals surface area contributed by atoms with Gasteiger partial charge in [0.25, 0.3) is 0 Å². The topological polar surface area (TPSA) is 9.23 Å². The smallest absolute Gasteiger partial charge is 0.443 e. The summed E-state index contributed by atoms with van der Waals surface area (Å²) in [4.78, 5) is 0. The number of rotatable bonds is 4. The highest BCUT2D eigenvalue weighted by Gasteiger charge is 2.53. The van der Waals surface area contributed by atoms with E-state index in [2.05, 4.69) is 13.8 Å². The van der Waals surface area contributed by atoms with Crippen molar-refractivity contribution in [2.45, 2.75) is 32.8 Å². The average molecular weight is 295 g/mol. The average Bonchev–Trinajstić information content (AvgIpc) is 2.74. The molecule has 19 heavy (non-hydrogen) atoms. The predicted octanol–water partition coefficient (Wildman–Crippen LogP) is 3.55. The molecule has 0 aromatic carbocycles. The number of nitrogens with zero attached hydrogens (tertiary/aromatic N) is 1. The van der Waals surface area contributed by atoms with E-state index in [1.807, 2.05) is 0 Å². The van der Waals surface area contributed by atoms with Gasteiger partial charge >= 0.3 is 13.1 Å². The van der Waals surface area contributed by atoms with Crippen LogP contribution in [0.2, 0.25) is 0 Å². The molecule has 1 heterocycles. The van der Waals surface area contributed by atoms with Crippen molar-refractivity contribution in [3.8, 4) is 0 Å². The fourth-order valence-corrected chi connectivity index (χ4v) is 1.83. The van der Waals surface area contributed by atoms with Crippen LogP contribution in [0.1, 0.15) is 26.7 Å². The van der Waals surface area contributed by atoms with Crippen molar-refractivity contribution in [3.05, 3.63) is 0 Å². The zero-order chi connectivity index (χ0) is 15.2. The molecule has 1 rings (SSSR count). The van der Waals surface area contributed by atoms with Crippen LogP contribution in [0.3, 0.4) is 0 Å². The standard InChI is InChI=1S/C9H20NO.CBF6/c1-3-10(9-11-4-2)7-5-6-8-10;3-1(4,5)2(6,7)8/h3-9H2,1-2H3;/q+1;-1. The fourth-order valence-electron chi connectivity index (χ4n) is 1.83. The minimum Gasteiger partial charge on any atom is -0.443 e. The maximum Gasteiger partial charge on any atom is 0.583 e. The Bertz CT molecular complexity index is 237. The molecule has 1 aliphatic heterocycles. The number of halogens is 6. The first-order chi connectivity index (χ1) is 8.58. The van der Waals surface area contributed by atoms with Gasteiger partial charge in [0.05, 0.1) is 19.6 Å². The van der Waals surface area contributed by atoms with Crippen molar-refractivity contribution in [1.29, 1.82) is 0 Å². The normalized spacial score (nSPS) is 18.9. The number of hydrogen-bond donors (Lipinski definition) is 0. The molecule has 0 spiro atoms. The van der Waals surface area contributed by atoms with Crippen molar-refractivity contribution in [2.75, 3.05) is 33.0 Å². The molecule has 116 valence electrons. The second-order valence-corrected chi connectivity index (χ2v) is 4.55. The van der Waals surface area contributed by atoms with Gasteiger partial charge in [-0.3, -0.25) is 0 Å². The summed E-state index contributed by atoms with van der Waals surface area (Å²) >= 11 is 0. The molecule has 0 atom stereocenters. The summed E-state index contributed by atoms with van der Waals surface area (Å²) in [5.41, 5.74) is 0. The SMILES string of the molecule is CCOC[N+]1(CC)CCCC1.F[B-](F)(F)C(F)(F)F. The van der Waals surface area contributed by atoms with E-state index in [-0.39, 0.29) is 0 Å². The second-order valence-electron chi connectivity index (χ2n) is 4.55. The van der Waals surface area contributed by atoms with Gasteiger partial charge in [-0.2, -0.15) is 0 Å². The first kappa shape index (κ1) is 18.6. The highest BCUT2D eigenvalue weighted by Crippen LogP contribution is 2.31. The van der Waals surface area contributed by atoms with Gasteiger partial charge in [-0.05, 0) is 13.8 Å². The van der Waals surface area contributed by atoms with Crippen molar-refractivity contribution in [3.63, 3.8) is 0 Å². The summed E-state index contributed by atoms with van der Waals surface area (Å²) in [7, 11) is 0. The third kappa shape index (κ3) is 6.51. The monoisotopic (exact) mass is 295 g/mol. The van der Waals surface area contributed by atoms with Crippen LogP contribution in [-0.4, -0.2) is 50.5 Å². The Labute approximate surface area is 109 Å². The van der Waals surface area contributed by atoms with Gasteiger partial charge in [0.15, 0.2) is 6.73 Å². The Hall–Kier alpha value is -0.435. The number of likely N-dealkylation sites (tertiary alicyclic amines) is 1. The summed E-state index contributed by atoms with van der Waals surface area (Å²) < 4.78 is 69.6. The Kier molecular flexibility index (Phi) is 7.21. The lowest BCUT2D eigenvalue weighted by Gasteiger charge is -2.32. The summed E-state index contributed by atoms with van der Waals surface area (Å²) in [6.45, 7) is 3.39. The lowest BCUT2D eigenvalue weighted by atomic mass is 9.92. The molecular formula is C10H20BF6NO. The Morgan fingerprint density at radius 3 is 1.74 bits per heavy atom. The van der Waals surface area contributed by atoms with Crippen molar-refractivity contribution in [2.24, 2.45) is 0 Å². The number of quaternary nitrogens is 1. The van der Waals surface area contributed by atoms with E-state index in [0.29, 0.717) is 0 Å². The minimum absolute atomic E-state index is 0.861. The molecule has 0 unspecified atom stereocenters. The van der Waals surface area contributed by atoms with Gasteiger partial charge in [0, 0.05) is 19.4 Å². The Morgan fingerprint density at radius 2 is 1.47 bits per heavy atom. The molecule has 0 aliphatic carbocycles. The van der Waals surface area contributed by atoms with Crippen LogP contribution in [0.4, 0.5) is 26.1 Å². The van der Waals surface area contributed by atoms with Crippen LogP contribution in [0.15, 0.2) is 0 Å². The highest BCUT2D eigenvalue weighted by atomic mass is 19.4. The predicted molar refractivity (Wildman–Crippen MR) is 61.4 cm³/mol. The van der Waals surface area contributed by atoms with Crippen LogP contribution >= 0.6 is 0 Å². The van der Waals surface area contributed by atoms with Gasteiger partial charge in [-0.1, -0.05) is 0 Å². The molecule has 0 radical (unpaired) electrons. The summed E-state index contributed by atoms with van der Waals surface area (Å²) in [6, 6.07) is 0. The van der Waals surface area contributed by atoms with Crippen LogP contribution in [-0.2, 0) is 4.74 Å². The first-order valence-corrected chi connectivity index (χ1v) is 6.27. The molecule has 1 fully saturated rings. The molecule has 2 nitrogen and oxygen atoms in total. The van der Waals surface area contributed by atoms with Crippen molar-refractivity contribution >= 4 is 6.98 Å². The zero-order valence-corrected chi connectivity index (χ0v) is 11.2. The van der Waals surface area contributed by atoms with Crippen LogP contribution < -0.4 is 0 Å². The highest BCUT2D eigenvalue weighted by molar-refractivity contribution is 6.60. The molecule has 0 aromatic rings. The molecule has 0 aromatic heterocycles. The van der Waals surface area contributed by atoms with E-state index in [1.165, 1.54) is 37.0 Å². The van der Waals surface area contributed by atoms with Crippen LogP contribution in [0.25, 0.3) is 0 Å². The minimum atomic E-state index is -6.65. The molecule has 1 aliphatic rings. The maximum absolute atomic E-state index is 10.5. The van der Waals surface area contributed by atoms with E-state index in [4.69, 9.17) is 4.74 Å². The van der Waals surface area contributed by atoms with E-state index in [9.17, 15) is 26.1 Å². The fraction of sp³-hybridized carbons (Fsp3) is 1.00. The van der Waals surface area contributed by atoms with E-state index in [0.717, 1.165) is 13.3 Å². The molecular weight excluding hydrogens is 275 g/mol. The third-order valence-electron chi connectivity index (χ3n) is 3.13. The number of ether oxygens (including phenoxy) is 1. The lowest BCUT2D eigenvalue weighted by Crippen LogP contribution is -2.46. The summed E-state index contributed by atoms with van der Waals surface area (Å²) in [5.74, 6) is 0.